The van der Waals surface area contributed by atoms with Gasteiger partial charge in [0.1, 0.15) is 6.04 Å². The van der Waals surface area contributed by atoms with Crippen molar-refractivity contribution in [2.45, 2.75) is 12.5 Å². The molecule has 1 rings (SSSR count). The Hall–Kier alpha value is -3.83. The molecule has 2 radical (unpaired) electrons. The van der Waals surface area contributed by atoms with E-state index in [-0.39, 0.29) is 26.2 Å². The van der Waals surface area contributed by atoms with Crippen molar-refractivity contribution in [3.63, 3.8) is 0 Å². The maximum Gasteiger partial charge on any atom is 0.254 e. The minimum Gasteiger partial charge on any atom is -0.382 e. The molecule has 1 aliphatic rings. The number of imide groups is 1. The lowest BCUT2D eigenvalue weighted by Crippen LogP contribution is -2.56. The summed E-state index contributed by atoms with van der Waals surface area (Å²) in [7, 11) is 6.54. The van der Waals surface area contributed by atoms with Gasteiger partial charge in [0, 0.05) is 32.2 Å². The van der Waals surface area contributed by atoms with E-state index >= 15 is 0 Å². The number of carbonyl (C=O) groups excluding carboxylic acids is 7. The van der Waals surface area contributed by atoms with E-state index in [4.69, 9.17) is 45.7 Å². The van der Waals surface area contributed by atoms with E-state index in [1.807, 2.05) is 0 Å². The average molecular weight is 744 g/mol. The van der Waals surface area contributed by atoms with Crippen LogP contribution in [0.15, 0.2) is 12.2 Å². The van der Waals surface area contributed by atoms with E-state index in [9.17, 15) is 33.6 Å². The Bertz CT molecular complexity index is 1110. The van der Waals surface area contributed by atoms with Crippen LogP contribution < -0.4 is 21.3 Å². The van der Waals surface area contributed by atoms with Gasteiger partial charge < -0.3 is 64.0 Å². The normalized spacial score (nSPS) is 12.9. The predicted molar refractivity (Wildman–Crippen MR) is 180 cm³/mol. The predicted octanol–water partition coefficient (Wildman–Crippen LogP) is -4.41. The highest BCUT2D eigenvalue weighted by molar-refractivity contribution is 6.58. The first-order valence-corrected chi connectivity index (χ1v) is 16.6. The Morgan fingerprint density at radius 2 is 0.942 bits per heavy atom. The summed E-state index contributed by atoms with van der Waals surface area (Å²) in [5.74, 6) is -4.41. The number of ether oxygens (including phenoxy) is 8. The molecule has 21 heteroatoms. The van der Waals surface area contributed by atoms with Gasteiger partial charge in [0.15, 0.2) is 7.85 Å². The minimum atomic E-state index is -1.46. The van der Waals surface area contributed by atoms with E-state index in [0.29, 0.717) is 84.2 Å². The van der Waals surface area contributed by atoms with Gasteiger partial charge in [-0.15, -0.1) is 0 Å². The molecule has 20 nitrogen and oxygen atoms in total. The molecule has 0 saturated carbocycles. The number of hydrogen-bond donors (Lipinski definition) is 4. The fourth-order valence-electron chi connectivity index (χ4n) is 3.82. The highest BCUT2D eigenvalue weighted by Gasteiger charge is 2.36. The van der Waals surface area contributed by atoms with Crippen LogP contribution >= 0.6 is 0 Å². The molecule has 0 fully saturated rings. The van der Waals surface area contributed by atoms with Crippen molar-refractivity contribution >= 4 is 49.0 Å². The van der Waals surface area contributed by atoms with E-state index in [0.717, 1.165) is 12.2 Å². The molecule has 1 unspecified atom stereocenters. The Morgan fingerprint density at radius 1 is 0.558 bits per heavy atom. The highest BCUT2D eigenvalue weighted by Crippen LogP contribution is 2.09. The third-order valence-corrected chi connectivity index (χ3v) is 6.42. The summed E-state index contributed by atoms with van der Waals surface area (Å²) < 4.78 is 42.6. The molecule has 0 aliphatic carbocycles. The van der Waals surface area contributed by atoms with Crippen LogP contribution in [0.4, 0.5) is 0 Å². The third-order valence-electron chi connectivity index (χ3n) is 6.42. The van der Waals surface area contributed by atoms with Crippen molar-refractivity contribution < 1.29 is 71.5 Å². The molecule has 0 bridgehead atoms. The van der Waals surface area contributed by atoms with Crippen LogP contribution in [-0.4, -0.2) is 192 Å². The molecule has 0 aromatic rings. The van der Waals surface area contributed by atoms with Gasteiger partial charge in [-0.25, -0.2) is 0 Å². The molecule has 52 heavy (non-hydrogen) atoms. The van der Waals surface area contributed by atoms with Crippen LogP contribution in [0.2, 0.25) is 0 Å². The number of carbonyl (C=O) groups is 7. The lowest BCUT2D eigenvalue weighted by Gasteiger charge is -2.25. The smallest absolute Gasteiger partial charge is 0.254 e. The monoisotopic (exact) mass is 743 g/mol. The van der Waals surface area contributed by atoms with Crippen LogP contribution in [0, 0.1) is 0 Å². The topological polar surface area (TPSA) is 245 Å². The van der Waals surface area contributed by atoms with E-state index in [1.54, 1.807) is 7.11 Å². The second-order valence-electron chi connectivity index (χ2n) is 10.5. The molecule has 292 valence electrons. The molecule has 6 amide bonds. The van der Waals surface area contributed by atoms with Gasteiger partial charge in [0.05, 0.1) is 124 Å². The molecule has 0 aromatic heterocycles. The van der Waals surface area contributed by atoms with E-state index in [1.165, 1.54) is 0 Å². The van der Waals surface area contributed by atoms with Crippen molar-refractivity contribution in [3.05, 3.63) is 12.2 Å². The van der Waals surface area contributed by atoms with Gasteiger partial charge in [-0.1, -0.05) is 0 Å². The fourth-order valence-corrected chi connectivity index (χ4v) is 3.82. The van der Waals surface area contributed by atoms with Crippen molar-refractivity contribution in [2.75, 3.05) is 132 Å². The zero-order valence-corrected chi connectivity index (χ0v) is 29.5. The fraction of sp³-hybridized carbons (Fsp3) is 0.710. The standard InChI is InChI=1S/C31H50BN5O15/c1-45-6-7-47-10-11-49-14-15-51-18-19-52-17-16-50-13-12-48-9-8-46-5-4-26(39)33-20-24(37-29(42)2-3-30(37)43)31(44)36-23-28(41)35-22-27(40)34-21-25(32)38/h2-3,24H,4-23H2,1H3,(H,33,39)(H,34,40)(H,35,41)(H,36,44). The molecule has 0 spiro atoms. The van der Waals surface area contributed by atoms with Gasteiger partial charge in [0.25, 0.3) is 11.8 Å². The molecule has 4 N–H and O–H groups in total. The molecule has 1 atom stereocenters. The summed E-state index contributed by atoms with van der Waals surface area (Å²) in [4.78, 5) is 84.5. The zero-order chi connectivity index (χ0) is 38.2. The lowest BCUT2D eigenvalue weighted by atomic mass is 10.0. The van der Waals surface area contributed by atoms with Gasteiger partial charge in [-0.2, -0.15) is 0 Å². The number of nitrogens with one attached hydrogen (secondary N) is 4. The number of hydrogen-bond acceptors (Lipinski definition) is 15. The van der Waals surface area contributed by atoms with Crippen LogP contribution in [0.5, 0.6) is 0 Å². The van der Waals surface area contributed by atoms with Crippen LogP contribution in [0.1, 0.15) is 6.42 Å². The quantitative estimate of drug-likeness (QED) is 0.0276. The first-order chi connectivity index (χ1) is 25.1. The molecular formula is C31H50BN5O15. The Labute approximate surface area is 303 Å². The van der Waals surface area contributed by atoms with Crippen molar-refractivity contribution in [3.8, 4) is 0 Å². The molecular weight excluding hydrogens is 693 g/mol. The molecule has 1 heterocycles. The second kappa shape index (κ2) is 30.8. The van der Waals surface area contributed by atoms with Crippen LogP contribution in [0.25, 0.3) is 0 Å². The summed E-state index contributed by atoms with van der Waals surface area (Å²) in [6, 6.07) is -1.46. The summed E-state index contributed by atoms with van der Waals surface area (Å²) in [5, 5.41) is 9.12. The maximum absolute atomic E-state index is 12.8. The highest BCUT2D eigenvalue weighted by atomic mass is 16.6. The van der Waals surface area contributed by atoms with Gasteiger partial charge in [0.2, 0.25) is 23.6 Å². The largest absolute Gasteiger partial charge is 0.382 e. The number of rotatable bonds is 34. The summed E-state index contributed by atoms with van der Waals surface area (Å²) in [5.41, 5.74) is -0.770. The minimum absolute atomic E-state index is 0.0389. The van der Waals surface area contributed by atoms with Crippen LogP contribution in [-0.2, 0) is 71.5 Å². The van der Waals surface area contributed by atoms with Gasteiger partial charge in [-0.05, 0) is 0 Å². The molecule has 0 aromatic carbocycles. The Balaban J connectivity index is 2.09. The zero-order valence-electron chi connectivity index (χ0n) is 29.5. The number of nitrogens with zero attached hydrogens (tertiary/aromatic N) is 1. The van der Waals surface area contributed by atoms with Crippen molar-refractivity contribution in [2.24, 2.45) is 0 Å². The SMILES string of the molecule is [B]C(=O)CNC(=O)CNC(=O)CNC(=O)C(CNC(=O)CCOCCOCCOCCOCCOCCOCCOCCOC)N1C(=O)C=CC1=O. The van der Waals surface area contributed by atoms with E-state index < -0.39 is 73.3 Å². The summed E-state index contributed by atoms with van der Waals surface area (Å²) in [6.45, 7) is 4.05. The van der Waals surface area contributed by atoms with E-state index in [2.05, 4.69) is 21.3 Å². The third kappa shape index (κ3) is 24.4. The number of amides is 6. The van der Waals surface area contributed by atoms with Gasteiger partial charge in [-0.3, -0.25) is 33.7 Å². The maximum atomic E-state index is 12.8. The average Bonchev–Trinajstić information content (AvgIpc) is 3.45. The van der Waals surface area contributed by atoms with Crippen molar-refractivity contribution in [1.82, 2.24) is 26.2 Å². The first-order valence-electron chi connectivity index (χ1n) is 16.6. The Kier molecular flexibility index (Phi) is 27.3. The molecule has 0 saturated heterocycles. The second-order valence-corrected chi connectivity index (χ2v) is 10.5. The lowest BCUT2D eigenvalue weighted by molar-refractivity contribution is -0.146. The summed E-state index contributed by atoms with van der Waals surface area (Å²) >= 11 is 0. The Morgan fingerprint density at radius 3 is 1.37 bits per heavy atom. The van der Waals surface area contributed by atoms with Crippen LogP contribution in [0.3, 0.4) is 0 Å². The van der Waals surface area contributed by atoms with Crippen molar-refractivity contribution in [1.29, 1.82) is 0 Å². The summed E-state index contributed by atoms with van der Waals surface area (Å²) in [6.07, 6.45) is 1.87. The first kappa shape index (κ1) is 46.2. The molecule has 1 aliphatic heterocycles. The number of methoxy groups -OCH3 is 1. The van der Waals surface area contributed by atoms with Gasteiger partial charge >= 0.3 is 0 Å².